The highest BCUT2D eigenvalue weighted by Gasteiger charge is 2.14. The molecular weight excluding hydrogens is 218 g/mol. The first kappa shape index (κ1) is 9.59. The lowest BCUT2D eigenvalue weighted by molar-refractivity contribution is 0.0587. The summed E-state index contributed by atoms with van der Waals surface area (Å²) in [6.45, 7) is 0. The van der Waals surface area contributed by atoms with Gasteiger partial charge < -0.3 is 15.5 Å². The van der Waals surface area contributed by atoms with E-state index in [0.29, 0.717) is 16.6 Å². The minimum Gasteiger partial charge on any atom is -0.463 e. The van der Waals surface area contributed by atoms with Crippen LogP contribution in [-0.4, -0.2) is 33.2 Å². The monoisotopic (exact) mass is 225 g/mol. The normalized spacial score (nSPS) is 10.2. The van der Waals surface area contributed by atoms with Crippen LogP contribution in [0.2, 0.25) is 0 Å². The van der Waals surface area contributed by atoms with Gasteiger partial charge in [0.15, 0.2) is 11.0 Å². The number of nitrogens with zero attached hydrogens (tertiary/aromatic N) is 3. The molecule has 0 unspecified atom stereocenters. The summed E-state index contributed by atoms with van der Waals surface area (Å²) in [6, 6.07) is 0. The maximum atomic E-state index is 11.1. The largest absolute Gasteiger partial charge is 0.463 e. The average Bonchev–Trinajstić information content (AvgIpc) is 2.84. The second kappa shape index (κ2) is 3.65. The molecule has 0 saturated carbocycles. The van der Waals surface area contributed by atoms with Crippen molar-refractivity contribution in [3.8, 4) is 11.5 Å². The Morgan fingerprint density at radius 2 is 2.40 bits per heavy atom. The van der Waals surface area contributed by atoms with Crippen LogP contribution in [-0.2, 0) is 4.74 Å². The van der Waals surface area contributed by atoms with E-state index in [2.05, 4.69) is 24.9 Å². The third-order valence-electron chi connectivity index (χ3n) is 1.63. The van der Waals surface area contributed by atoms with E-state index < -0.39 is 5.97 Å². The van der Waals surface area contributed by atoms with Crippen LogP contribution in [0.5, 0.6) is 0 Å². The molecule has 8 heteroatoms. The van der Waals surface area contributed by atoms with Gasteiger partial charge in [-0.1, -0.05) is 0 Å². The smallest absolute Gasteiger partial charge is 0.376 e. The number of H-pyrrole nitrogens is 1. The summed E-state index contributed by atoms with van der Waals surface area (Å²) >= 11 is 1.29. The number of hydrogen-bond acceptors (Lipinski definition) is 7. The lowest BCUT2D eigenvalue weighted by Gasteiger charge is -1.90. The lowest BCUT2D eigenvalue weighted by Crippen LogP contribution is -2.03. The van der Waals surface area contributed by atoms with Crippen LogP contribution in [0.4, 0.5) is 5.13 Å². The topological polar surface area (TPSA) is 107 Å². The van der Waals surface area contributed by atoms with Crippen LogP contribution in [0, 0.1) is 0 Å². The Bertz CT molecular complexity index is 491. The molecular formula is C7H7N5O2S. The third-order valence-corrected chi connectivity index (χ3v) is 2.30. The van der Waals surface area contributed by atoms with E-state index in [4.69, 9.17) is 5.73 Å². The van der Waals surface area contributed by atoms with Crippen molar-refractivity contribution in [2.24, 2.45) is 0 Å². The molecule has 0 atom stereocenters. The summed E-state index contributed by atoms with van der Waals surface area (Å²) in [5.74, 6) is -0.139. The van der Waals surface area contributed by atoms with Crippen molar-refractivity contribution in [2.75, 3.05) is 12.8 Å². The number of anilines is 1. The number of rotatable bonds is 2. The SMILES string of the molecule is COC(=O)c1nnc(-c2csc(N)n2)[nH]1. The maximum Gasteiger partial charge on any atom is 0.376 e. The summed E-state index contributed by atoms with van der Waals surface area (Å²) in [5, 5.41) is 9.52. The molecule has 0 saturated heterocycles. The highest BCUT2D eigenvalue weighted by molar-refractivity contribution is 7.13. The third kappa shape index (κ3) is 1.79. The van der Waals surface area contributed by atoms with E-state index in [-0.39, 0.29) is 5.82 Å². The van der Waals surface area contributed by atoms with Crippen molar-refractivity contribution in [2.45, 2.75) is 0 Å². The number of aromatic amines is 1. The molecule has 0 amide bonds. The zero-order valence-corrected chi connectivity index (χ0v) is 8.54. The summed E-state index contributed by atoms with van der Waals surface area (Å²) in [6.07, 6.45) is 0. The van der Waals surface area contributed by atoms with Crippen LogP contribution in [0.3, 0.4) is 0 Å². The van der Waals surface area contributed by atoms with Gasteiger partial charge in [-0.15, -0.1) is 21.5 Å². The van der Waals surface area contributed by atoms with Gasteiger partial charge in [0.1, 0.15) is 5.69 Å². The van der Waals surface area contributed by atoms with Crippen molar-refractivity contribution < 1.29 is 9.53 Å². The summed E-state index contributed by atoms with van der Waals surface area (Å²) in [5.41, 5.74) is 6.02. The van der Waals surface area contributed by atoms with E-state index in [9.17, 15) is 4.79 Å². The van der Waals surface area contributed by atoms with Crippen molar-refractivity contribution in [3.63, 3.8) is 0 Å². The number of aromatic nitrogens is 4. The van der Waals surface area contributed by atoms with Gasteiger partial charge in [-0.25, -0.2) is 9.78 Å². The second-order valence-corrected chi connectivity index (χ2v) is 3.47. The number of carbonyl (C=O) groups excluding carboxylic acids is 1. The summed E-state index contributed by atoms with van der Waals surface area (Å²) in [7, 11) is 1.27. The molecule has 0 aromatic carbocycles. The molecule has 78 valence electrons. The quantitative estimate of drug-likeness (QED) is 0.712. The van der Waals surface area contributed by atoms with Crippen molar-refractivity contribution in [3.05, 3.63) is 11.2 Å². The van der Waals surface area contributed by atoms with Crippen LogP contribution in [0.15, 0.2) is 5.38 Å². The number of ether oxygens (including phenoxy) is 1. The molecule has 7 nitrogen and oxygen atoms in total. The molecule has 0 fully saturated rings. The zero-order valence-electron chi connectivity index (χ0n) is 7.72. The fourth-order valence-electron chi connectivity index (χ4n) is 0.962. The Kier molecular flexibility index (Phi) is 2.34. The Morgan fingerprint density at radius 3 is 3.00 bits per heavy atom. The molecule has 2 heterocycles. The van der Waals surface area contributed by atoms with E-state index in [1.807, 2.05) is 0 Å². The summed E-state index contributed by atoms with van der Waals surface area (Å²) < 4.78 is 4.48. The van der Waals surface area contributed by atoms with E-state index in [0.717, 1.165) is 0 Å². The predicted molar refractivity (Wildman–Crippen MR) is 53.2 cm³/mol. The number of nitrogens with two attached hydrogens (primary N) is 1. The molecule has 2 rings (SSSR count). The molecule has 3 N–H and O–H groups in total. The van der Waals surface area contributed by atoms with Gasteiger partial charge in [0, 0.05) is 5.38 Å². The van der Waals surface area contributed by atoms with Gasteiger partial charge in [-0.3, -0.25) is 0 Å². The number of nitrogens with one attached hydrogen (secondary N) is 1. The standard InChI is InChI=1S/C7H7N5O2S/c1-14-6(13)5-10-4(11-12-5)3-2-15-7(8)9-3/h2H,1H3,(H2,8,9)(H,10,11,12). The number of carbonyl (C=O) groups is 1. The van der Waals surface area contributed by atoms with Gasteiger partial charge in [-0.2, -0.15) is 0 Å². The van der Waals surface area contributed by atoms with Crippen LogP contribution >= 0.6 is 11.3 Å². The number of methoxy groups -OCH3 is 1. The fraction of sp³-hybridized carbons (Fsp3) is 0.143. The van der Waals surface area contributed by atoms with Gasteiger partial charge >= 0.3 is 5.97 Å². The predicted octanol–water partition coefficient (Wildman–Crippen LogP) is 0.297. The van der Waals surface area contributed by atoms with Crippen molar-refractivity contribution in [1.82, 2.24) is 20.2 Å². The Balaban J connectivity index is 2.31. The Hall–Kier alpha value is -1.96. The van der Waals surface area contributed by atoms with E-state index >= 15 is 0 Å². The molecule has 15 heavy (non-hydrogen) atoms. The lowest BCUT2D eigenvalue weighted by atomic mass is 10.5. The van der Waals surface area contributed by atoms with Crippen LogP contribution in [0.1, 0.15) is 10.6 Å². The minimum atomic E-state index is -0.572. The molecule has 0 bridgehead atoms. The number of esters is 1. The molecule has 0 radical (unpaired) electrons. The first-order valence-corrected chi connectivity index (χ1v) is 4.81. The maximum absolute atomic E-state index is 11.1. The molecule has 0 aliphatic heterocycles. The number of hydrogen-bond donors (Lipinski definition) is 2. The number of nitrogen functional groups attached to an aromatic ring is 1. The van der Waals surface area contributed by atoms with Crippen molar-refractivity contribution >= 4 is 22.4 Å². The zero-order chi connectivity index (χ0) is 10.8. The van der Waals surface area contributed by atoms with Crippen molar-refractivity contribution in [1.29, 1.82) is 0 Å². The first-order valence-electron chi connectivity index (χ1n) is 3.93. The first-order chi connectivity index (χ1) is 7.20. The van der Waals surface area contributed by atoms with Crippen LogP contribution in [0.25, 0.3) is 11.5 Å². The van der Waals surface area contributed by atoms with E-state index in [1.54, 1.807) is 5.38 Å². The van der Waals surface area contributed by atoms with Gasteiger partial charge in [0.05, 0.1) is 7.11 Å². The summed E-state index contributed by atoms with van der Waals surface area (Å²) in [4.78, 5) is 17.7. The van der Waals surface area contributed by atoms with Gasteiger partial charge in [-0.05, 0) is 0 Å². The molecule has 2 aromatic rings. The Labute approximate surface area is 88.3 Å². The van der Waals surface area contributed by atoms with Gasteiger partial charge in [0.2, 0.25) is 5.82 Å². The molecule has 0 aliphatic rings. The molecule has 0 aliphatic carbocycles. The minimum absolute atomic E-state index is 0.0408. The Morgan fingerprint density at radius 1 is 1.60 bits per heavy atom. The molecule has 0 spiro atoms. The van der Waals surface area contributed by atoms with E-state index in [1.165, 1.54) is 18.4 Å². The second-order valence-electron chi connectivity index (χ2n) is 2.58. The van der Waals surface area contributed by atoms with Crippen LogP contribution < -0.4 is 5.73 Å². The molecule has 2 aromatic heterocycles. The average molecular weight is 225 g/mol. The highest BCUT2D eigenvalue weighted by atomic mass is 32.1. The highest BCUT2D eigenvalue weighted by Crippen LogP contribution is 2.19. The van der Waals surface area contributed by atoms with Gasteiger partial charge in [0.25, 0.3) is 0 Å². The number of thiazole rings is 1. The fourth-order valence-corrected chi connectivity index (χ4v) is 1.51.